The largest absolute Gasteiger partial charge is 0.456 e. The Morgan fingerprint density at radius 1 is 0.774 bits per heavy atom. The fourth-order valence-corrected chi connectivity index (χ4v) is 11.7. The molecule has 12 nitrogen and oxygen atoms in total. The first-order chi connectivity index (χ1) is 30.0. The van der Waals surface area contributed by atoms with Gasteiger partial charge in [-0.25, -0.2) is 14.8 Å². The average molecular weight is 832 g/mol. The van der Waals surface area contributed by atoms with Crippen LogP contribution in [0.2, 0.25) is 0 Å². The molecule has 0 spiro atoms. The number of ether oxygens (including phenoxy) is 1. The van der Waals surface area contributed by atoms with Crippen LogP contribution in [-0.2, 0) is 14.3 Å². The number of hydrogen-bond donors (Lipinski definition) is 3. The lowest BCUT2D eigenvalue weighted by Crippen LogP contribution is -2.54. The number of alkyl carbamates (subject to hydrolysis) is 1. The summed E-state index contributed by atoms with van der Waals surface area (Å²) in [6.45, 7) is 8.10. The number of nitrogens with one attached hydrogen (secondary N) is 3. The number of amides is 3. The van der Waals surface area contributed by atoms with Crippen molar-refractivity contribution in [1.82, 2.24) is 35.1 Å². The minimum Gasteiger partial charge on any atom is -0.456 e. The predicted molar refractivity (Wildman–Crippen MR) is 238 cm³/mol. The third-order valence-electron chi connectivity index (χ3n) is 14.5. The molecule has 2 saturated carbocycles. The maximum Gasteiger partial charge on any atom is 0.407 e. The summed E-state index contributed by atoms with van der Waals surface area (Å²) in [6, 6.07) is 23.0. The number of likely N-dealkylation sites (tertiary alicyclic amines) is 2. The highest BCUT2D eigenvalue weighted by Gasteiger charge is 2.52. The highest BCUT2D eigenvalue weighted by atomic mass is 16.5. The van der Waals surface area contributed by atoms with Crippen LogP contribution in [0, 0.1) is 23.7 Å². The third kappa shape index (κ3) is 6.19. The van der Waals surface area contributed by atoms with Crippen molar-refractivity contribution < 1.29 is 23.5 Å². The Kier molecular flexibility index (Phi) is 9.21. The molecule has 12 heteroatoms. The summed E-state index contributed by atoms with van der Waals surface area (Å²) in [5.74, 6) is 2.82. The lowest BCUT2D eigenvalue weighted by atomic mass is 9.91. The first kappa shape index (κ1) is 38.7. The van der Waals surface area contributed by atoms with Gasteiger partial charge >= 0.3 is 6.09 Å². The maximum absolute atomic E-state index is 14.0. The van der Waals surface area contributed by atoms with Crippen LogP contribution in [0.4, 0.5) is 4.79 Å². The molecule has 7 unspecified atom stereocenters. The van der Waals surface area contributed by atoms with E-state index >= 15 is 0 Å². The smallest absolute Gasteiger partial charge is 0.407 e. The van der Waals surface area contributed by atoms with E-state index in [0.29, 0.717) is 30.2 Å². The van der Waals surface area contributed by atoms with Crippen LogP contribution in [0.3, 0.4) is 0 Å². The van der Waals surface area contributed by atoms with Gasteiger partial charge in [0.15, 0.2) is 0 Å². The highest BCUT2D eigenvalue weighted by molar-refractivity contribution is 6.19. The maximum atomic E-state index is 14.0. The number of piperidine rings is 2. The molecule has 3 N–H and O–H groups in total. The van der Waals surface area contributed by atoms with E-state index in [9.17, 15) is 14.4 Å². The zero-order chi connectivity index (χ0) is 42.6. The molecule has 4 fully saturated rings. The van der Waals surface area contributed by atoms with Crippen LogP contribution in [0.5, 0.6) is 0 Å². The molecule has 318 valence electrons. The number of furan rings is 2. The minimum atomic E-state index is -0.681. The zero-order valence-electron chi connectivity index (χ0n) is 35.9. The Labute approximate surface area is 360 Å². The van der Waals surface area contributed by atoms with E-state index in [4.69, 9.17) is 19.1 Å². The molecular weight excluding hydrogens is 779 g/mol. The number of H-pyrrole nitrogens is 2. The second-order valence-corrected chi connectivity index (χ2v) is 19.0. The summed E-state index contributed by atoms with van der Waals surface area (Å²) in [5.41, 5.74) is 9.83. The molecule has 0 radical (unpaired) electrons. The molecule has 62 heavy (non-hydrogen) atoms. The monoisotopic (exact) mass is 831 g/mol. The van der Waals surface area contributed by atoms with Gasteiger partial charge in [-0.2, -0.15) is 0 Å². The summed E-state index contributed by atoms with van der Waals surface area (Å²) < 4.78 is 11.2. The molecular formula is C50H53N7O5. The molecule has 3 aromatic carbocycles. The highest BCUT2D eigenvalue weighted by Crippen LogP contribution is 2.52. The Balaban J connectivity index is 0.869. The second kappa shape index (κ2) is 14.7. The van der Waals surface area contributed by atoms with Crippen LogP contribution in [0.25, 0.3) is 66.5 Å². The number of nitrogens with zero attached hydrogens (tertiary/aromatic N) is 4. The van der Waals surface area contributed by atoms with E-state index in [-0.39, 0.29) is 35.9 Å². The van der Waals surface area contributed by atoms with E-state index in [0.717, 1.165) is 117 Å². The molecule has 7 atom stereocenters. The normalized spacial score (nSPS) is 23.6. The number of imidazole rings is 2. The predicted octanol–water partition coefficient (Wildman–Crippen LogP) is 10.2. The molecule has 11 rings (SSSR count). The van der Waals surface area contributed by atoms with E-state index in [1.54, 1.807) is 0 Å². The Bertz CT molecular complexity index is 2850. The summed E-state index contributed by atoms with van der Waals surface area (Å²) >= 11 is 0. The Morgan fingerprint density at radius 2 is 1.40 bits per heavy atom. The number of aromatic amines is 2. The van der Waals surface area contributed by atoms with Crippen molar-refractivity contribution in [3.63, 3.8) is 0 Å². The van der Waals surface area contributed by atoms with Crippen molar-refractivity contribution >= 4 is 50.9 Å². The lowest BCUT2D eigenvalue weighted by Gasteiger charge is -2.37. The van der Waals surface area contributed by atoms with Gasteiger partial charge in [0.05, 0.1) is 42.1 Å². The van der Waals surface area contributed by atoms with Crippen molar-refractivity contribution in [2.75, 3.05) is 7.11 Å². The van der Waals surface area contributed by atoms with Crippen LogP contribution in [0.1, 0.15) is 96.4 Å². The van der Waals surface area contributed by atoms with Gasteiger partial charge in [0.2, 0.25) is 11.8 Å². The molecule has 2 saturated heterocycles. The number of hydrogen-bond acceptors (Lipinski definition) is 7. The molecule has 7 aromatic rings. The molecule has 6 heterocycles. The van der Waals surface area contributed by atoms with Crippen molar-refractivity contribution in [2.45, 2.75) is 103 Å². The van der Waals surface area contributed by atoms with Gasteiger partial charge in [-0.3, -0.25) is 9.59 Å². The van der Waals surface area contributed by atoms with Crippen LogP contribution < -0.4 is 5.32 Å². The summed E-state index contributed by atoms with van der Waals surface area (Å²) in [6.07, 6.45) is 8.06. The number of benzene rings is 4. The van der Waals surface area contributed by atoms with Gasteiger partial charge in [-0.1, -0.05) is 70.2 Å². The van der Waals surface area contributed by atoms with Crippen LogP contribution >= 0.6 is 0 Å². The van der Waals surface area contributed by atoms with Gasteiger partial charge in [-0.05, 0) is 114 Å². The quantitative estimate of drug-likeness (QED) is 0.124. The van der Waals surface area contributed by atoms with Crippen molar-refractivity contribution in [2.24, 2.45) is 23.7 Å². The van der Waals surface area contributed by atoms with Gasteiger partial charge in [-0.15, -0.1) is 0 Å². The minimum absolute atomic E-state index is 0.00610. The lowest BCUT2D eigenvalue weighted by molar-refractivity contribution is -0.139. The topological polar surface area (TPSA) is 149 Å². The van der Waals surface area contributed by atoms with Gasteiger partial charge in [0, 0.05) is 29.3 Å². The van der Waals surface area contributed by atoms with Gasteiger partial charge in [0.25, 0.3) is 0 Å². The zero-order valence-corrected chi connectivity index (χ0v) is 35.9. The summed E-state index contributed by atoms with van der Waals surface area (Å²) in [7, 11) is 1.32. The molecule has 2 aliphatic heterocycles. The standard InChI is InChI=1S/C50H53N7O5/c1-25(2)20-41(58)56-32-13-10-31(21-32)46(56)48-52-36-17-12-29(23-37(36)53-48)35-16-15-34(42-39-18-19-40(62-39)43(35)42)27-6-8-28(9-7-27)38-24-51-47(54-38)45-30-11-14-33(22-30)57(45)49(59)44(26(3)4)55-50(60)61-5/h6-9,12,15-19,23-26,30-33,44-46H,10-11,13-14,20-22H2,1-5H3,(H,51,54)(H,52,53)(H,55,60). The molecule has 2 aliphatic carbocycles. The van der Waals surface area contributed by atoms with E-state index in [1.165, 1.54) is 7.11 Å². The Morgan fingerprint density at radius 3 is 2.06 bits per heavy atom. The number of rotatable bonds is 10. The number of fused-ring (bicyclic) bond motifs is 10. The average Bonchev–Trinajstić information content (AvgIpc) is 4.14. The van der Waals surface area contributed by atoms with Gasteiger partial charge < -0.3 is 34.2 Å². The second-order valence-electron chi connectivity index (χ2n) is 19.0. The first-order valence-electron chi connectivity index (χ1n) is 22.5. The van der Waals surface area contributed by atoms with Crippen LogP contribution in [0.15, 0.2) is 77.3 Å². The van der Waals surface area contributed by atoms with E-state index in [2.05, 4.69) is 101 Å². The first-order valence-corrected chi connectivity index (χ1v) is 22.5. The van der Waals surface area contributed by atoms with E-state index < -0.39 is 12.1 Å². The molecule has 6 bridgehead atoms. The Hall–Kier alpha value is -6.17. The van der Waals surface area contributed by atoms with Crippen LogP contribution in [-0.4, -0.2) is 72.9 Å². The molecule has 4 aliphatic rings. The van der Waals surface area contributed by atoms with Crippen molar-refractivity contribution in [1.29, 1.82) is 0 Å². The fraction of sp³-hybridized carbons (Fsp3) is 0.420. The summed E-state index contributed by atoms with van der Waals surface area (Å²) in [4.78, 5) is 61.0. The molecule has 4 aromatic heterocycles. The number of methoxy groups -OCH3 is 1. The number of aromatic nitrogens is 4. The fourth-order valence-electron chi connectivity index (χ4n) is 11.7. The van der Waals surface area contributed by atoms with Crippen molar-refractivity contribution in [3.05, 3.63) is 84.6 Å². The SMILES string of the molecule is COC(=O)NC(C(=O)N1C2CCC(C2)C1c1ncc(-c2ccc(-c3ccc(-c4ccc5nc(C6C7CCC(C7)N6C(=O)CC(C)C)[nH]c5c4)c4c5ccc(o5)c34)cc2)[nH]1)C(C)C. The van der Waals surface area contributed by atoms with E-state index in [1.807, 2.05) is 24.9 Å². The van der Waals surface area contributed by atoms with Crippen molar-refractivity contribution in [3.8, 4) is 33.5 Å². The van der Waals surface area contributed by atoms with Gasteiger partial charge in [0.1, 0.15) is 28.9 Å². The third-order valence-corrected chi connectivity index (χ3v) is 14.5. The number of carbonyl (C=O) groups is 3. The molecule has 3 amide bonds. The summed E-state index contributed by atoms with van der Waals surface area (Å²) in [5, 5.41) is 4.95. The number of carbonyl (C=O) groups excluding carboxylic acids is 3.